The molecule has 1 aliphatic heterocycles. The normalized spacial score (nSPS) is 15.9. The highest BCUT2D eigenvalue weighted by Gasteiger charge is 2.24. The molecular formula is C20H22Cl3N5O. The van der Waals surface area contributed by atoms with Gasteiger partial charge in [-0.1, -0.05) is 23.7 Å². The second-order valence-electron chi connectivity index (χ2n) is 6.58. The van der Waals surface area contributed by atoms with Crippen LogP contribution in [0, 0.1) is 0 Å². The van der Waals surface area contributed by atoms with Crippen molar-refractivity contribution in [1.29, 1.82) is 0 Å². The molecule has 1 aliphatic rings. The average Bonchev–Trinajstić information content (AvgIpc) is 2.71. The number of hydrogen-bond donors (Lipinski definition) is 1. The second kappa shape index (κ2) is 10.1. The molecule has 0 spiro atoms. The van der Waals surface area contributed by atoms with Gasteiger partial charge in [-0.15, -0.1) is 24.8 Å². The van der Waals surface area contributed by atoms with Crippen LogP contribution in [0.2, 0.25) is 5.02 Å². The zero-order valence-electron chi connectivity index (χ0n) is 15.8. The Morgan fingerprint density at radius 3 is 2.48 bits per heavy atom. The number of benzene rings is 1. The molecule has 0 bridgehead atoms. The zero-order chi connectivity index (χ0) is 18.8. The van der Waals surface area contributed by atoms with Gasteiger partial charge in [-0.05, 0) is 29.8 Å². The fraction of sp³-hybridized carbons (Fsp3) is 0.250. The largest absolute Gasteiger partial charge is 0.339 e. The summed E-state index contributed by atoms with van der Waals surface area (Å²) in [5.74, 6) is 0.676. The summed E-state index contributed by atoms with van der Waals surface area (Å²) >= 11 is 6.01. The molecule has 3 heterocycles. The van der Waals surface area contributed by atoms with Crippen molar-refractivity contribution < 1.29 is 0 Å². The number of aromatic nitrogens is 3. The Morgan fingerprint density at radius 1 is 1.10 bits per heavy atom. The highest BCUT2D eigenvalue weighted by atomic mass is 35.5. The molecule has 2 aromatic heterocycles. The number of piperazine rings is 1. The molecule has 4 rings (SSSR count). The lowest BCUT2D eigenvalue weighted by atomic mass is 10.0. The van der Waals surface area contributed by atoms with Crippen LogP contribution in [-0.4, -0.2) is 34.2 Å². The third kappa shape index (κ3) is 5.08. The number of nitrogens with zero attached hydrogens (tertiary/aromatic N) is 4. The van der Waals surface area contributed by atoms with Crippen molar-refractivity contribution in [3.8, 4) is 11.3 Å². The van der Waals surface area contributed by atoms with Gasteiger partial charge in [-0.2, -0.15) is 0 Å². The first kappa shape index (κ1) is 23.2. The maximum atomic E-state index is 12.5. The molecule has 154 valence electrons. The molecule has 3 aromatic rings. The Morgan fingerprint density at radius 2 is 1.79 bits per heavy atom. The van der Waals surface area contributed by atoms with Crippen LogP contribution < -0.4 is 15.8 Å². The first-order valence-corrected chi connectivity index (χ1v) is 9.22. The van der Waals surface area contributed by atoms with Crippen LogP contribution in [0.5, 0.6) is 0 Å². The first-order chi connectivity index (χ1) is 13.1. The highest BCUT2D eigenvalue weighted by Crippen LogP contribution is 2.23. The van der Waals surface area contributed by atoms with E-state index in [0.717, 1.165) is 30.2 Å². The van der Waals surface area contributed by atoms with Crippen molar-refractivity contribution in [2.24, 2.45) is 7.05 Å². The number of halogens is 3. The monoisotopic (exact) mass is 453 g/mol. The third-order valence-electron chi connectivity index (χ3n) is 4.82. The Kier molecular flexibility index (Phi) is 8.05. The summed E-state index contributed by atoms with van der Waals surface area (Å²) < 4.78 is 1.61. The van der Waals surface area contributed by atoms with E-state index in [4.69, 9.17) is 16.6 Å². The van der Waals surface area contributed by atoms with E-state index in [0.29, 0.717) is 11.6 Å². The predicted octanol–water partition coefficient (Wildman–Crippen LogP) is 3.49. The van der Waals surface area contributed by atoms with E-state index >= 15 is 0 Å². The van der Waals surface area contributed by atoms with Crippen molar-refractivity contribution in [2.75, 3.05) is 24.5 Å². The zero-order valence-corrected chi connectivity index (χ0v) is 18.2. The van der Waals surface area contributed by atoms with E-state index < -0.39 is 0 Å². The molecule has 1 fully saturated rings. The molecule has 1 N–H and O–H groups in total. The van der Waals surface area contributed by atoms with Gasteiger partial charge >= 0.3 is 0 Å². The molecule has 0 amide bonds. The summed E-state index contributed by atoms with van der Waals surface area (Å²) in [6.07, 6.45) is 3.41. The lowest BCUT2D eigenvalue weighted by molar-refractivity contribution is 0.462. The average molecular weight is 455 g/mol. The van der Waals surface area contributed by atoms with Crippen LogP contribution in [0.25, 0.3) is 11.3 Å². The number of nitrogens with one attached hydrogen (secondary N) is 1. The molecule has 0 unspecified atom stereocenters. The number of rotatable bonds is 3. The van der Waals surface area contributed by atoms with Gasteiger partial charge < -0.3 is 10.2 Å². The van der Waals surface area contributed by atoms with E-state index in [1.54, 1.807) is 30.1 Å². The highest BCUT2D eigenvalue weighted by molar-refractivity contribution is 6.30. The summed E-state index contributed by atoms with van der Waals surface area (Å²) in [5.41, 5.74) is 2.64. The molecule has 9 heteroatoms. The number of hydrogen-bond acceptors (Lipinski definition) is 5. The smallest absolute Gasteiger partial charge is 0.255 e. The molecule has 6 nitrogen and oxygen atoms in total. The number of anilines is 1. The molecule has 1 atom stereocenters. The van der Waals surface area contributed by atoms with Gasteiger partial charge in [0.15, 0.2) is 0 Å². The molecule has 1 aromatic carbocycles. The van der Waals surface area contributed by atoms with Crippen LogP contribution in [0.1, 0.15) is 11.6 Å². The van der Waals surface area contributed by atoms with Gasteiger partial charge in [-0.25, -0.2) is 4.98 Å². The molecule has 0 saturated carbocycles. The van der Waals surface area contributed by atoms with E-state index in [9.17, 15) is 4.79 Å². The van der Waals surface area contributed by atoms with Gasteiger partial charge in [0.05, 0.1) is 5.69 Å². The standard InChI is InChI=1S/C20H20ClN5O.2ClH/c1-25-19(27)12-17(15-6-8-22-9-7-15)24-20(25)26-11-10-23-18(13-26)14-2-4-16(21)5-3-14;;/h2-9,12,18,23H,10-11,13H2,1H3;2*1H/t18-;;/m1../s1. The topological polar surface area (TPSA) is 63.1 Å². The Bertz CT molecular complexity index is 995. The van der Waals surface area contributed by atoms with Crippen molar-refractivity contribution in [3.63, 3.8) is 0 Å². The van der Waals surface area contributed by atoms with E-state index in [-0.39, 0.29) is 36.4 Å². The van der Waals surface area contributed by atoms with E-state index in [1.807, 2.05) is 36.4 Å². The molecule has 1 saturated heterocycles. The third-order valence-corrected chi connectivity index (χ3v) is 5.07. The van der Waals surface area contributed by atoms with Gasteiger partial charge in [0, 0.05) is 61.8 Å². The summed E-state index contributed by atoms with van der Waals surface area (Å²) in [5, 5.41) is 4.25. The maximum Gasteiger partial charge on any atom is 0.255 e. The van der Waals surface area contributed by atoms with Crippen molar-refractivity contribution in [2.45, 2.75) is 6.04 Å². The predicted molar refractivity (Wildman–Crippen MR) is 122 cm³/mol. The summed E-state index contributed by atoms with van der Waals surface area (Å²) in [6, 6.07) is 13.3. The molecule has 0 aliphatic carbocycles. The van der Waals surface area contributed by atoms with Gasteiger partial charge in [0.2, 0.25) is 5.95 Å². The van der Waals surface area contributed by atoms with Crippen LogP contribution in [-0.2, 0) is 7.05 Å². The lowest BCUT2D eigenvalue weighted by Crippen LogP contribution is -2.47. The van der Waals surface area contributed by atoms with E-state index in [2.05, 4.69) is 15.2 Å². The minimum absolute atomic E-state index is 0. The lowest BCUT2D eigenvalue weighted by Gasteiger charge is -2.35. The fourth-order valence-electron chi connectivity index (χ4n) is 3.33. The van der Waals surface area contributed by atoms with Crippen molar-refractivity contribution in [1.82, 2.24) is 19.9 Å². The molecular weight excluding hydrogens is 433 g/mol. The van der Waals surface area contributed by atoms with E-state index in [1.165, 1.54) is 5.56 Å². The first-order valence-electron chi connectivity index (χ1n) is 8.84. The summed E-state index contributed by atoms with van der Waals surface area (Å²) in [4.78, 5) is 23.5. The molecule has 29 heavy (non-hydrogen) atoms. The maximum absolute atomic E-state index is 12.5. The quantitative estimate of drug-likeness (QED) is 0.656. The van der Waals surface area contributed by atoms with Crippen LogP contribution >= 0.6 is 36.4 Å². The van der Waals surface area contributed by atoms with Gasteiger partial charge in [-0.3, -0.25) is 14.3 Å². The Hall–Kier alpha value is -2.12. The van der Waals surface area contributed by atoms with Crippen LogP contribution in [0.3, 0.4) is 0 Å². The van der Waals surface area contributed by atoms with Crippen molar-refractivity contribution >= 4 is 42.4 Å². The van der Waals surface area contributed by atoms with Crippen molar-refractivity contribution in [3.05, 3.63) is 75.8 Å². The number of pyridine rings is 1. The minimum Gasteiger partial charge on any atom is -0.339 e. The Balaban J connectivity index is 0.00000150. The minimum atomic E-state index is -0.0756. The van der Waals surface area contributed by atoms with Gasteiger partial charge in [0.25, 0.3) is 5.56 Å². The van der Waals surface area contributed by atoms with Crippen LogP contribution in [0.4, 0.5) is 5.95 Å². The SMILES string of the molecule is Cl.Cl.Cn1c(N2CCN[C@@H](c3ccc(Cl)cc3)C2)nc(-c2ccncc2)cc1=O. The van der Waals surface area contributed by atoms with Crippen LogP contribution in [0.15, 0.2) is 59.7 Å². The van der Waals surface area contributed by atoms with Gasteiger partial charge in [0.1, 0.15) is 0 Å². The fourth-order valence-corrected chi connectivity index (χ4v) is 3.46. The molecule has 0 radical (unpaired) electrons. The Labute approximate surface area is 186 Å². The summed E-state index contributed by atoms with van der Waals surface area (Å²) in [7, 11) is 1.76. The summed E-state index contributed by atoms with van der Waals surface area (Å²) in [6.45, 7) is 2.31. The second-order valence-corrected chi connectivity index (χ2v) is 7.02.